The summed E-state index contributed by atoms with van der Waals surface area (Å²) >= 11 is 0. The normalized spacial score (nSPS) is 23.8. The Morgan fingerprint density at radius 3 is 2.55 bits per heavy atom. The van der Waals surface area contributed by atoms with E-state index in [1.165, 1.54) is 12.8 Å². The Balaban J connectivity index is 1.73. The highest BCUT2D eigenvalue weighted by Crippen LogP contribution is 2.25. The number of rotatable bonds is 8. The van der Waals surface area contributed by atoms with E-state index in [0.717, 1.165) is 45.4 Å². The highest BCUT2D eigenvalue weighted by atomic mass is 16.5. The van der Waals surface area contributed by atoms with Crippen LogP contribution < -0.4 is 11.1 Å². The van der Waals surface area contributed by atoms with Crippen LogP contribution in [-0.4, -0.2) is 55.2 Å². The van der Waals surface area contributed by atoms with Gasteiger partial charge in [-0.15, -0.1) is 0 Å². The van der Waals surface area contributed by atoms with Crippen LogP contribution in [-0.2, 0) is 9.53 Å². The predicted molar refractivity (Wildman–Crippen MR) is 79.5 cm³/mol. The van der Waals surface area contributed by atoms with Crippen LogP contribution in [0.2, 0.25) is 0 Å². The lowest BCUT2D eigenvalue weighted by atomic mass is 9.94. The van der Waals surface area contributed by atoms with Crippen molar-refractivity contribution >= 4 is 5.91 Å². The first-order valence-corrected chi connectivity index (χ1v) is 7.87. The number of primary amides is 1. The van der Waals surface area contributed by atoms with Crippen molar-refractivity contribution < 1.29 is 9.53 Å². The molecule has 0 aromatic heterocycles. The molecule has 1 aliphatic carbocycles. The molecule has 5 nitrogen and oxygen atoms in total. The maximum Gasteiger partial charge on any atom is 0.237 e. The number of nitrogens with zero attached hydrogens (tertiary/aromatic N) is 1. The molecule has 2 rings (SSSR count). The van der Waals surface area contributed by atoms with E-state index in [4.69, 9.17) is 10.5 Å². The van der Waals surface area contributed by atoms with Gasteiger partial charge in [0.15, 0.2) is 0 Å². The number of carbonyl (C=O) groups is 1. The number of carbonyl (C=O) groups excluding carboxylic acids is 1. The molecule has 1 atom stereocenters. The van der Waals surface area contributed by atoms with Gasteiger partial charge in [0.1, 0.15) is 0 Å². The largest absolute Gasteiger partial charge is 0.381 e. The Morgan fingerprint density at radius 1 is 1.35 bits per heavy atom. The summed E-state index contributed by atoms with van der Waals surface area (Å²) in [5, 5.41) is 3.41. The van der Waals surface area contributed by atoms with Crippen molar-refractivity contribution in [2.24, 2.45) is 5.73 Å². The average molecular weight is 283 g/mol. The van der Waals surface area contributed by atoms with Crippen molar-refractivity contribution in [3.05, 3.63) is 0 Å². The van der Waals surface area contributed by atoms with E-state index in [0.29, 0.717) is 12.1 Å². The first-order chi connectivity index (χ1) is 9.51. The second-order valence-corrected chi connectivity index (χ2v) is 6.54. The van der Waals surface area contributed by atoms with E-state index in [1.54, 1.807) is 0 Å². The third-order valence-electron chi connectivity index (χ3n) is 4.65. The minimum atomic E-state index is -0.544. The number of hydrogen-bond donors (Lipinski definition) is 2. The van der Waals surface area contributed by atoms with E-state index in [9.17, 15) is 4.79 Å². The average Bonchev–Trinajstić information content (AvgIpc) is 3.23. The first-order valence-electron chi connectivity index (χ1n) is 7.87. The Labute approximate surface area is 122 Å². The lowest BCUT2D eigenvalue weighted by molar-refractivity contribution is -0.124. The standard InChI is InChI=1S/C15H29N3O2/c1-15(14(16)19,17-12-4-5-12)8-3-9-18(2)13-6-10-20-11-7-13/h12-13,17H,3-11H2,1-2H3,(H2,16,19). The number of nitrogens with two attached hydrogens (primary N) is 1. The summed E-state index contributed by atoms with van der Waals surface area (Å²) in [4.78, 5) is 14.1. The van der Waals surface area contributed by atoms with Crippen molar-refractivity contribution in [3.63, 3.8) is 0 Å². The molecule has 5 heteroatoms. The summed E-state index contributed by atoms with van der Waals surface area (Å²) in [6, 6.07) is 1.13. The molecule has 1 saturated heterocycles. The number of amides is 1. The fraction of sp³-hybridized carbons (Fsp3) is 0.933. The Morgan fingerprint density at radius 2 is 2.00 bits per heavy atom. The van der Waals surface area contributed by atoms with Crippen LogP contribution in [0.5, 0.6) is 0 Å². The summed E-state index contributed by atoms with van der Waals surface area (Å²) in [5.41, 5.74) is 5.03. The van der Waals surface area contributed by atoms with Crippen LogP contribution in [0.1, 0.15) is 45.4 Å². The van der Waals surface area contributed by atoms with Gasteiger partial charge in [0.2, 0.25) is 5.91 Å². The Kier molecular flexibility index (Phi) is 5.41. The van der Waals surface area contributed by atoms with Crippen molar-refractivity contribution in [1.82, 2.24) is 10.2 Å². The van der Waals surface area contributed by atoms with Crippen LogP contribution in [0, 0.1) is 0 Å². The summed E-state index contributed by atoms with van der Waals surface area (Å²) in [5.74, 6) is -0.224. The smallest absolute Gasteiger partial charge is 0.237 e. The predicted octanol–water partition coefficient (Wildman–Crippen LogP) is 0.873. The van der Waals surface area contributed by atoms with Gasteiger partial charge in [0, 0.05) is 25.3 Å². The van der Waals surface area contributed by atoms with Crippen molar-refractivity contribution in [1.29, 1.82) is 0 Å². The maximum atomic E-state index is 11.7. The number of ether oxygens (including phenoxy) is 1. The lowest BCUT2D eigenvalue weighted by Gasteiger charge is -2.33. The van der Waals surface area contributed by atoms with Gasteiger partial charge in [-0.1, -0.05) is 0 Å². The highest BCUT2D eigenvalue weighted by molar-refractivity contribution is 5.84. The Bertz CT molecular complexity index is 327. The zero-order valence-corrected chi connectivity index (χ0v) is 12.9. The van der Waals surface area contributed by atoms with E-state index >= 15 is 0 Å². The van der Waals surface area contributed by atoms with Crippen molar-refractivity contribution in [2.45, 2.75) is 63.1 Å². The highest BCUT2D eigenvalue weighted by Gasteiger charge is 2.36. The minimum absolute atomic E-state index is 0.224. The third kappa shape index (κ3) is 4.43. The fourth-order valence-electron chi connectivity index (χ4n) is 2.94. The molecule has 1 aliphatic heterocycles. The topological polar surface area (TPSA) is 67.6 Å². The summed E-state index contributed by atoms with van der Waals surface area (Å²) in [7, 11) is 2.17. The molecule has 1 amide bonds. The van der Waals surface area contributed by atoms with Gasteiger partial charge in [0.05, 0.1) is 5.54 Å². The molecular formula is C15H29N3O2. The second-order valence-electron chi connectivity index (χ2n) is 6.54. The van der Waals surface area contributed by atoms with E-state index in [1.807, 2.05) is 6.92 Å². The van der Waals surface area contributed by atoms with Crippen molar-refractivity contribution in [3.8, 4) is 0 Å². The van der Waals surface area contributed by atoms with Gasteiger partial charge >= 0.3 is 0 Å². The maximum absolute atomic E-state index is 11.7. The van der Waals surface area contributed by atoms with Gasteiger partial charge in [-0.25, -0.2) is 0 Å². The molecule has 1 saturated carbocycles. The monoisotopic (exact) mass is 283 g/mol. The zero-order valence-electron chi connectivity index (χ0n) is 12.9. The van der Waals surface area contributed by atoms with Crippen LogP contribution in [0.4, 0.5) is 0 Å². The third-order valence-corrected chi connectivity index (χ3v) is 4.65. The second kappa shape index (κ2) is 6.87. The van der Waals surface area contributed by atoms with Crippen LogP contribution in [0.3, 0.4) is 0 Å². The molecule has 1 unspecified atom stereocenters. The molecule has 3 N–H and O–H groups in total. The molecule has 2 fully saturated rings. The quantitative estimate of drug-likeness (QED) is 0.694. The summed E-state index contributed by atoms with van der Waals surface area (Å²) in [6.45, 7) is 4.70. The molecule has 1 heterocycles. The molecule has 20 heavy (non-hydrogen) atoms. The van der Waals surface area contributed by atoms with Gasteiger partial charge in [-0.2, -0.15) is 0 Å². The number of nitrogens with one attached hydrogen (secondary N) is 1. The minimum Gasteiger partial charge on any atom is -0.381 e. The van der Waals surface area contributed by atoms with Gasteiger partial charge in [-0.05, 0) is 59.0 Å². The zero-order chi connectivity index (χ0) is 14.6. The molecule has 0 spiro atoms. The van der Waals surface area contributed by atoms with E-state index in [-0.39, 0.29) is 5.91 Å². The number of hydrogen-bond acceptors (Lipinski definition) is 4. The van der Waals surface area contributed by atoms with Gasteiger partial charge < -0.3 is 20.7 Å². The molecule has 2 aliphatic rings. The van der Waals surface area contributed by atoms with Crippen LogP contribution in [0.15, 0.2) is 0 Å². The summed E-state index contributed by atoms with van der Waals surface area (Å²) < 4.78 is 5.39. The molecule has 0 aromatic carbocycles. The first kappa shape index (κ1) is 15.7. The summed E-state index contributed by atoms with van der Waals surface area (Å²) in [6.07, 6.45) is 6.38. The molecular weight excluding hydrogens is 254 g/mol. The van der Waals surface area contributed by atoms with Crippen LogP contribution in [0.25, 0.3) is 0 Å². The van der Waals surface area contributed by atoms with Gasteiger partial charge in [-0.3, -0.25) is 4.79 Å². The Hall–Kier alpha value is -0.650. The fourth-order valence-corrected chi connectivity index (χ4v) is 2.94. The van der Waals surface area contributed by atoms with Crippen LogP contribution >= 0.6 is 0 Å². The van der Waals surface area contributed by atoms with E-state index in [2.05, 4.69) is 17.3 Å². The molecule has 0 bridgehead atoms. The van der Waals surface area contributed by atoms with Crippen molar-refractivity contribution in [2.75, 3.05) is 26.8 Å². The lowest BCUT2D eigenvalue weighted by Crippen LogP contribution is -2.54. The SMILES string of the molecule is CN(CCCC(C)(NC1CC1)C(N)=O)C1CCOCC1. The molecule has 116 valence electrons. The molecule has 0 aromatic rings. The molecule has 0 radical (unpaired) electrons. The van der Waals surface area contributed by atoms with E-state index < -0.39 is 5.54 Å². The van der Waals surface area contributed by atoms with Gasteiger partial charge in [0.25, 0.3) is 0 Å².